The molecule has 2 aromatic carbocycles. The molecule has 0 aliphatic heterocycles. The SMILES string of the molecule is CC(NC(=O)Cc1c(F)cccc1F)C(O)c1ccc(F)c(F)c1. The highest BCUT2D eigenvalue weighted by molar-refractivity contribution is 5.79. The molecule has 24 heavy (non-hydrogen) atoms. The average Bonchev–Trinajstić information content (AvgIpc) is 2.53. The summed E-state index contributed by atoms with van der Waals surface area (Å²) < 4.78 is 53.1. The molecule has 0 spiro atoms. The van der Waals surface area contributed by atoms with Crippen LogP contribution in [0.25, 0.3) is 0 Å². The summed E-state index contributed by atoms with van der Waals surface area (Å²) in [5.41, 5.74) is -0.316. The van der Waals surface area contributed by atoms with Crippen molar-refractivity contribution in [3.63, 3.8) is 0 Å². The minimum absolute atomic E-state index is 0.0683. The third-order valence-corrected chi connectivity index (χ3v) is 3.55. The summed E-state index contributed by atoms with van der Waals surface area (Å²) in [6.07, 6.45) is -1.86. The maximum Gasteiger partial charge on any atom is 0.224 e. The Morgan fingerprint density at radius 1 is 1.04 bits per heavy atom. The van der Waals surface area contributed by atoms with Crippen LogP contribution in [0.2, 0.25) is 0 Å². The van der Waals surface area contributed by atoms with Gasteiger partial charge in [0.1, 0.15) is 11.6 Å². The molecule has 0 aliphatic carbocycles. The maximum atomic E-state index is 13.5. The van der Waals surface area contributed by atoms with Gasteiger partial charge in [-0.3, -0.25) is 4.79 Å². The molecule has 0 fully saturated rings. The Balaban J connectivity index is 2.04. The number of halogens is 4. The van der Waals surface area contributed by atoms with Gasteiger partial charge in [0.15, 0.2) is 11.6 Å². The van der Waals surface area contributed by atoms with E-state index in [9.17, 15) is 27.5 Å². The van der Waals surface area contributed by atoms with E-state index in [2.05, 4.69) is 5.32 Å². The zero-order valence-corrected chi connectivity index (χ0v) is 12.7. The number of amides is 1. The number of hydrogen-bond donors (Lipinski definition) is 2. The predicted molar refractivity (Wildman–Crippen MR) is 79.0 cm³/mol. The highest BCUT2D eigenvalue weighted by Crippen LogP contribution is 2.20. The third-order valence-electron chi connectivity index (χ3n) is 3.55. The highest BCUT2D eigenvalue weighted by atomic mass is 19.2. The van der Waals surface area contributed by atoms with E-state index < -0.39 is 47.7 Å². The average molecular weight is 341 g/mol. The molecular formula is C17H15F4NO2. The molecule has 0 saturated heterocycles. The van der Waals surface area contributed by atoms with Gasteiger partial charge >= 0.3 is 0 Å². The van der Waals surface area contributed by atoms with Crippen LogP contribution < -0.4 is 5.32 Å². The van der Waals surface area contributed by atoms with Crippen LogP contribution >= 0.6 is 0 Å². The van der Waals surface area contributed by atoms with E-state index in [-0.39, 0.29) is 11.1 Å². The number of carbonyl (C=O) groups excluding carboxylic acids is 1. The molecule has 0 heterocycles. The Bertz CT molecular complexity index is 731. The molecule has 7 heteroatoms. The molecule has 3 nitrogen and oxygen atoms in total. The van der Waals surface area contributed by atoms with E-state index in [1.54, 1.807) is 0 Å². The van der Waals surface area contributed by atoms with Crippen molar-refractivity contribution in [2.75, 3.05) is 0 Å². The van der Waals surface area contributed by atoms with Crippen LogP contribution in [-0.4, -0.2) is 17.1 Å². The summed E-state index contributed by atoms with van der Waals surface area (Å²) in [6, 6.07) is 5.23. The van der Waals surface area contributed by atoms with Crippen molar-refractivity contribution in [1.82, 2.24) is 5.32 Å². The van der Waals surface area contributed by atoms with Gasteiger partial charge < -0.3 is 10.4 Å². The summed E-state index contributed by atoms with van der Waals surface area (Å²) in [5.74, 6) is -4.60. The third kappa shape index (κ3) is 4.11. The first-order valence-electron chi connectivity index (χ1n) is 7.15. The largest absolute Gasteiger partial charge is 0.386 e. The summed E-state index contributed by atoms with van der Waals surface area (Å²) in [7, 11) is 0. The van der Waals surface area contributed by atoms with E-state index in [0.29, 0.717) is 0 Å². The minimum atomic E-state index is -1.31. The van der Waals surface area contributed by atoms with E-state index in [1.165, 1.54) is 19.1 Å². The monoisotopic (exact) mass is 341 g/mol. The van der Waals surface area contributed by atoms with Crippen molar-refractivity contribution in [3.8, 4) is 0 Å². The van der Waals surface area contributed by atoms with Gasteiger partial charge in [-0.2, -0.15) is 0 Å². The number of aliphatic hydroxyl groups is 1. The lowest BCUT2D eigenvalue weighted by molar-refractivity contribution is -0.122. The smallest absolute Gasteiger partial charge is 0.224 e. The minimum Gasteiger partial charge on any atom is -0.386 e. The first-order chi connectivity index (χ1) is 11.3. The number of rotatable bonds is 5. The molecule has 0 saturated carbocycles. The topological polar surface area (TPSA) is 49.3 Å². The summed E-state index contributed by atoms with van der Waals surface area (Å²) in [6.45, 7) is 1.43. The highest BCUT2D eigenvalue weighted by Gasteiger charge is 2.21. The molecule has 2 rings (SSSR count). The molecule has 2 N–H and O–H groups in total. The standard InChI is InChI=1S/C17H15F4NO2/c1-9(17(24)10-5-6-14(20)15(21)7-10)22-16(23)8-11-12(18)3-2-4-13(11)19/h2-7,9,17,24H,8H2,1H3,(H,22,23). The quantitative estimate of drug-likeness (QED) is 0.822. The van der Waals surface area contributed by atoms with E-state index in [1.807, 2.05) is 0 Å². The van der Waals surface area contributed by atoms with Crippen molar-refractivity contribution in [3.05, 3.63) is 70.8 Å². The van der Waals surface area contributed by atoms with Crippen LogP contribution in [-0.2, 0) is 11.2 Å². The Morgan fingerprint density at radius 2 is 1.67 bits per heavy atom. The number of carbonyl (C=O) groups is 1. The number of nitrogens with one attached hydrogen (secondary N) is 1. The van der Waals surface area contributed by atoms with Crippen LogP contribution in [0.5, 0.6) is 0 Å². The molecular weight excluding hydrogens is 326 g/mol. The van der Waals surface area contributed by atoms with Crippen LogP contribution in [0.4, 0.5) is 17.6 Å². The Kier molecular flexibility index (Phi) is 5.56. The molecule has 0 radical (unpaired) electrons. The Morgan fingerprint density at radius 3 is 2.25 bits per heavy atom. The second kappa shape index (κ2) is 7.44. The fourth-order valence-electron chi connectivity index (χ4n) is 2.23. The molecule has 128 valence electrons. The van der Waals surface area contributed by atoms with Crippen molar-refractivity contribution in [1.29, 1.82) is 0 Å². The van der Waals surface area contributed by atoms with Gasteiger partial charge in [-0.1, -0.05) is 12.1 Å². The van der Waals surface area contributed by atoms with Crippen LogP contribution in [0.1, 0.15) is 24.2 Å². The number of benzene rings is 2. The van der Waals surface area contributed by atoms with Crippen molar-refractivity contribution in [2.24, 2.45) is 0 Å². The zero-order valence-electron chi connectivity index (χ0n) is 12.7. The number of hydrogen-bond acceptors (Lipinski definition) is 2. The lowest BCUT2D eigenvalue weighted by atomic mass is 10.0. The Labute approximate surface area is 135 Å². The van der Waals surface area contributed by atoms with Gasteiger partial charge in [0, 0.05) is 5.56 Å². The second-order valence-corrected chi connectivity index (χ2v) is 5.35. The van der Waals surface area contributed by atoms with Crippen LogP contribution in [0, 0.1) is 23.3 Å². The molecule has 1 amide bonds. The van der Waals surface area contributed by atoms with Gasteiger partial charge in [-0.15, -0.1) is 0 Å². The van der Waals surface area contributed by atoms with E-state index >= 15 is 0 Å². The van der Waals surface area contributed by atoms with Crippen molar-refractivity contribution >= 4 is 5.91 Å². The predicted octanol–water partition coefficient (Wildman–Crippen LogP) is 3.02. The lowest BCUT2D eigenvalue weighted by Crippen LogP contribution is -2.38. The first-order valence-corrected chi connectivity index (χ1v) is 7.15. The Hall–Kier alpha value is -2.41. The molecule has 2 aromatic rings. The lowest BCUT2D eigenvalue weighted by Gasteiger charge is -2.21. The molecule has 0 aliphatic rings. The van der Waals surface area contributed by atoms with Gasteiger partial charge in [0.2, 0.25) is 5.91 Å². The number of aliphatic hydroxyl groups excluding tert-OH is 1. The van der Waals surface area contributed by atoms with Crippen LogP contribution in [0.15, 0.2) is 36.4 Å². The van der Waals surface area contributed by atoms with Gasteiger partial charge in [0.25, 0.3) is 0 Å². The first kappa shape index (κ1) is 17.9. The normalized spacial score (nSPS) is 13.4. The summed E-state index contributed by atoms with van der Waals surface area (Å²) in [4.78, 5) is 11.9. The van der Waals surface area contributed by atoms with Gasteiger partial charge in [-0.05, 0) is 36.8 Å². The molecule has 2 atom stereocenters. The molecule has 0 aromatic heterocycles. The fourth-order valence-corrected chi connectivity index (χ4v) is 2.23. The van der Waals surface area contributed by atoms with Gasteiger partial charge in [0.05, 0.1) is 18.6 Å². The summed E-state index contributed by atoms with van der Waals surface area (Å²) in [5, 5.41) is 12.5. The van der Waals surface area contributed by atoms with Crippen LogP contribution in [0.3, 0.4) is 0 Å². The van der Waals surface area contributed by atoms with Gasteiger partial charge in [-0.25, -0.2) is 17.6 Å². The summed E-state index contributed by atoms with van der Waals surface area (Å²) >= 11 is 0. The van der Waals surface area contributed by atoms with E-state index in [4.69, 9.17) is 0 Å². The zero-order chi connectivity index (χ0) is 17.9. The molecule has 2 unspecified atom stereocenters. The van der Waals surface area contributed by atoms with E-state index in [0.717, 1.165) is 24.3 Å². The second-order valence-electron chi connectivity index (χ2n) is 5.35. The molecule has 0 bridgehead atoms. The fraction of sp³-hybridized carbons (Fsp3) is 0.235. The van der Waals surface area contributed by atoms with Crippen molar-refractivity contribution in [2.45, 2.75) is 25.5 Å². The maximum absolute atomic E-state index is 13.5. The van der Waals surface area contributed by atoms with Crippen molar-refractivity contribution < 1.29 is 27.5 Å².